The van der Waals surface area contributed by atoms with Crippen molar-refractivity contribution in [2.45, 2.75) is 57.7 Å². The monoisotopic (exact) mass is 389 g/mol. The highest BCUT2D eigenvalue weighted by Gasteiger charge is 2.39. The van der Waals surface area contributed by atoms with Gasteiger partial charge in [-0.25, -0.2) is 18.4 Å². The largest absolute Gasteiger partial charge is 0.349 e. The molecule has 8 heteroatoms. The van der Waals surface area contributed by atoms with E-state index < -0.39 is 11.6 Å². The summed E-state index contributed by atoms with van der Waals surface area (Å²) in [7, 11) is 0. The number of nitrogens with zero attached hydrogens (tertiary/aromatic N) is 4. The van der Waals surface area contributed by atoms with Gasteiger partial charge in [0.2, 0.25) is 5.91 Å². The molecule has 1 spiro atoms. The minimum absolute atomic E-state index is 0.0342. The maximum Gasteiger partial charge on any atom is 0.242 e. The van der Waals surface area contributed by atoms with Crippen molar-refractivity contribution in [3.63, 3.8) is 0 Å². The number of carbonyl (C=O) groups excluding carboxylic acids is 1. The number of piperidine rings is 1. The summed E-state index contributed by atoms with van der Waals surface area (Å²) in [6, 6.07) is 4.04. The average molecular weight is 389 g/mol. The number of rotatable bonds is 3. The standard InChI is InChI=1S/C20H25F2N5O/c1-13(2)19-23-17-10-20(24-18(28)12-27(17)25-19)5-7-26(8-6-20)11-14-3-4-15(21)16(22)9-14/h3-4,9,13H,5-8,10-12H2,1-2H3,(H,24,28). The van der Waals surface area contributed by atoms with Crippen molar-refractivity contribution < 1.29 is 13.6 Å². The van der Waals surface area contributed by atoms with E-state index in [0.717, 1.165) is 43.1 Å². The summed E-state index contributed by atoms with van der Waals surface area (Å²) in [6.45, 7) is 6.39. The molecule has 0 bridgehead atoms. The second kappa shape index (κ2) is 7.24. The van der Waals surface area contributed by atoms with Crippen molar-refractivity contribution in [3.05, 3.63) is 47.0 Å². The van der Waals surface area contributed by atoms with Gasteiger partial charge in [-0.3, -0.25) is 9.69 Å². The zero-order valence-electron chi connectivity index (χ0n) is 16.2. The highest BCUT2D eigenvalue weighted by atomic mass is 19.2. The number of hydrogen-bond acceptors (Lipinski definition) is 4. The molecular formula is C20H25F2N5O. The molecule has 6 nitrogen and oxygen atoms in total. The summed E-state index contributed by atoms with van der Waals surface area (Å²) in [5, 5.41) is 7.69. The Morgan fingerprint density at radius 3 is 2.64 bits per heavy atom. The summed E-state index contributed by atoms with van der Waals surface area (Å²) in [5.74, 6) is 0.172. The van der Waals surface area contributed by atoms with E-state index in [9.17, 15) is 13.6 Å². The Balaban J connectivity index is 1.46. The van der Waals surface area contributed by atoms with Crippen molar-refractivity contribution in [2.75, 3.05) is 13.1 Å². The predicted octanol–water partition coefficient (Wildman–Crippen LogP) is 2.39. The number of carbonyl (C=O) groups is 1. The van der Waals surface area contributed by atoms with Crippen molar-refractivity contribution >= 4 is 5.91 Å². The maximum atomic E-state index is 13.5. The Labute approximate surface area is 162 Å². The first-order chi connectivity index (χ1) is 13.3. The molecule has 1 saturated heterocycles. The fourth-order valence-corrected chi connectivity index (χ4v) is 4.05. The average Bonchev–Trinajstić information content (AvgIpc) is 2.97. The van der Waals surface area contributed by atoms with Crippen LogP contribution in [-0.4, -0.2) is 44.2 Å². The summed E-state index contributed by atoms with van der Waals surface area (Å²) in [6.07, 6.45) is 2.23. The number of aromatic nitrogens is 3. The van der Waals surface area contributed by atoms with E-state index in [-0.39, 0.29) is 23.9 Å². The first-order valence-electron chi connectivity index (χ1n) is 9.74. The lowest BCUT2D eigenvalue weighted by molar-refractivity contribution is -0.123. The maximum absolute atomic E-state index is 13.5. The molecule has 150 valence electrons. The Kier molecular flexibility index (Phi) is 4.91. The van der Waals surface area contributed by atoms with Crippen LogP contribution in [0.15, 0.2) is 18.2 Å². The van der Waals surface area contributed by atoms with Crippen LogP contribution < -0.4 is 5.32 Å². The van der Waals surface area contributed by atoms with Gasteiger partial charge < -0.3 is 5.32 Å². The molecule has 28 heavy (non-hydrogen) atoms. The SMILES string of the molecule is CC(C)c1nc2n(n1)CC(=O)NC1(CCN(Cc3ccc(F)c(F)c3)CC1)C2. The minimum atomic E-state index is -0.826. The third kappa shape index (κ3) is 3.78. The van der Waals surface area contributed by atoms with Gasteiger partial charge in [0, 0.05) is 37.5 Å². The van der Waals surface area contributed by atoms with Crippen LogP contribution >= 0.6 is 0 Å². The van der Waals surface area contributed by atoms with E-state index in [1.54, 1.807) is 10.7 Å². The van der Waals surface area contributed by atoms with E-state index in [1.165, 1.54) is 12.1 Å². The molecule has 2 aliphatic heterocycles. The third-order valence-electron chi connectivity index (χ3n) is 5.68. The molecule has 0 radical (unpaired) electrons. The summed E-state index contributed by atoms with van der Waals surface area (Å²) in [4.78, 5) is 19.3. The molecule has 1 amide bonds. The van der Waals surface area contributed by atoms with E-state index in [4.69, 9.17) is 0 Å². The van der Waals surface area contributed by atoms with Crippen LogP contribution in [0.25, 0.3) is 0 Å². The van der Waals surface area contributed by atoms with E-state index in [0.29, 0.717) is 13.0 Å². The lowest BCUT2D eigenvalue weighted by Gasteiger charge is -2.41. The fraction of sp³-hybridized carbons (Fsp3) is 0.550. The molecule has 2 aromatic rings. The lowest BCUT2D eigenvalue weighted by Crippen LogP contribution is -2.56. The summed E-state index contributed by atoms with van der Waals surface area (Å²) >= 11 is 0. The quantitative estimate of drug-likeness (QED) is 0.876. The van der Waals surface area contributed by atoms with Crippen LogP contribution in [0.3, 0.4) is 0 Å². The smallest absolute Gasteiger partial charge is 0.242 e. The molecule has 1 N–H and O–H groups in total. The number of amides is 1. The van der Waals surface area contributed by atoms with Gasteiger partial charge in [-0.05, 0) is 30.5 Å². The van der Waals surface area contributed by atoms with E-state index in [2.05, 4.69) is 20.3 Å². The molecule has 3 heterocycles. The third-order valence-corrected chi connectivity index (χ3v) is 5.68. The first kappa shape index (κ1) is 19.0. The van der Waals surface area contributed by atoms with Crippen molar-refractivity contribution in [1.82, 2.24) is 25.0 Å². The number of halogens is 2. The highest BCUT2D eigenvalue weighted by Crippen LogP contribution is 2.29. The number of hydrogen-bond donors (Lipinski definition) is 1. The molecule has 0 atom stereocenters. The summed E-state index contributed by atoms with van der Waals surface area (Å²) < 4.78 is 28.3. The molecular weight excluding hydrogens is 364 g/mol. The van der Waals surface area contributed by atoms with Crippen LogP contribution in [0.1, 0.15) is 49.8 Å². The van der Waals surface area contributed by atoms with Gasteiger partial charge in [0.1, 0.15) is 12.4 Å². The molecule has 1 aromatic heterocycles. The zero-order chi connectivity index (χ0) is 19.9. The first-order valence-corrected chi connectivity index (χ1v) is 9.74. The highest BCUT2D eigenvalue weighted by molar-refractivity contribution is 5.77. The molecule has 4 rings (SSSR count). The minimum Gasteiger partial charge on any atom is -0.349 e. The van der Waals surface area contributed by atoms with Gasteiger partial charge in [-0.15, -0.1) is 0 Å². The zero-order valence-corrected chi connectivity index (χ0v) is 16.2. The van der Waals surface area contributed by atoms with Gasteiger partial charge in [0.05, 0.1) is 0 Å². The van der Waals surface area contributed by atoms with Crippen LogP contribution in [0.5, 0.6) is 0 Å². The fourth-order valence-electron chi connectivity index (χ4n) is 4.05. The number of likely N-dealkylation sites (tertiary alicyclic amines) is 1. The normalized spacial score (nSPS) is 19.5. The lowest BCUT2D eigenvalue weighted by atomic mass is 9.84. The van der Waals surface area contributed by atoms with E-state index >= 15 is 0 Å². The molecule has 2 aliphatic rings. The Morgan fingerprint density at radius 1 is 1.21 bits per heavy atom. The number of benzene rings is 1. The van der Waals surface area contributed by atoms with Gasteiger partial charge in [-0.1, -0.05) is 19.9 Å². The molecule has 0 saturated carbocycles. The van der Waals surface area contributed by atoms with Gasteiger partial charge in [0.25, 0.3) is 0 Å². The Hall–Kier alpha value is -2.35. The van der Waals surface area contributed by atoms with Gasteiger partial charge in [-0.2, -0.15) is 5.10 Å². The van der Waals surface area contributed by atoms with E-state index in [1.807, 2.05) is 13.8 Å². The van der Waals surface area contributed by atoms with Gasteiger partial charge in [0.15, 0.2) is 17.5 Å². The Bertz CT molecular complexity index is 887. The second-order valence-corrected chi connectivity index (χ2v) is 8.23. The topological polar surface area (TPSA) is 63.1 Å². The van der Waals surface area contributed by atoms with Crippen LogP contribution in [0, 0.1) is 11.6 Å². The van der Waals surface area contributed by atoms with Crippen LogP contribution in [-0.2, 0) is 24.3 Å². The van der Waals surface area contributed by atoms with Gasteiger partial charge >= 0.3 is 0 Å². The number of fused-ring (bicyclic) bond motifs is 1. The predicted molar refractivity (Wildman–Crippen MR) is 99.6 cm³/mol. The molecule has 0 aliphatic carbocycles. The second-order valence-electron chi connectivity index (χ2n) is 8.23. The van der Waals surface area contributed by atoms with Crippen molar-refractivity contribution in [2.24, 2.45) is 0 Å². The number of nitrogens with one attached hydrogen (secondary N) is 1. The molecule has 0 unspecified atom stereocenters. The summed E-state index contributed by atoms with van der Waals surface area (Å²) in [5.41, 5.74) is 0.429. The Morgan fingerprint density at radius 2 is 1.96 bits per heavy atom. The van der Waals surface area contributed by atoms with Crippen LogP contribution in [0.2, 0.25) is 0 Å². The van der Waals surface area contributed by atoms with Crippen molar-refractivity contribution in [1.29, 1.82) is 0 Å². The molecule has 1 fully saturated rings. The molecule has 1 aromatic carbocycles. The van der Waals surface area contributed by atoms with Crippen molar-refractivity contribution in [3.8, 4) is 0 Å². The van der Waals surface area contributed by atoms with Crippen LogP contribution in [0.4, 0.5) is 8.78 Å².